The number of hydrogen-bond acceptors (Lipinski definition) is 4. The summed E-state index contributed by atoms with van der Waals surface area (Å²) in [6, 6.07) is 14.7. The van der Waals surface area contributed by atoms with Gasteiger partial charge in [0.2, 0.25) is 0 Å². The highest BCUT2D eigenvalue weighted by Gasteiger charge is 2.22. The molecule has 0 aliphatic carbocycles. The quantitative estimate of drug-likeness (QED) is 0.609. The molecule has 0 aromatic heterocycles. The Balaban J connectivity index is 2.22. The van der Waals surface area contributed by atoms with E-state index in [1.165, 1.54) is 5.56 Å². The van der Waals surface area contributed by atoms with Gasteiger partial charge in [-0.3, -0.25) is 4.79 Å². The van der Waals surface area contributed by atoms with Gasteiger partial charge in [0.25, 0.3) is 5.91 Å². The summed E-state index contributed by atoms with van der Waals surface area (Å²) in [4.78, 5) is 15.0. The normalized spacial score (nSPS) is 13.0. The van der Waals surface area contributed by atoms with Gasteiger partial charge in [-0.25, -0.2) is 0 Å². The highest BCUT2D eigenvalue weighted by molar-refractivity contribution is 7.86. The van der Waals surface area contributed by atoms with E-state index in [9.17, 15) is 13.2 Å². The minimum atomic E-state index is -3.56. The third-order valence-corrected chi connectivity index (χ3v) is 5.40. The van der Waals surface area contributed by atoms with Gasteiger partial charge in [-0.2, -0.15) is 8.42 Å². The van der Waals surface area contributed by atoms with E-state index in [0.717, 1.165) is 18.2 Å². The molecule has 0 aliphatic rings. The first-order valence-electron chi connectivity index (χ1n) is 9.80. The van der Waals surface area contributed by atoms with Crippen LogP contribution in [0.2, 0.25) is 0 Å². The zero-order valence-electron chi connectivity index (χ0n) is 18.1. The van der Waals surface area contributed by atoms with Gasteiger partial charge in [0.1, 0.15) is 5.75 Å². The first-order valence-corrected chi connectivity index (χ1v) is 11.6. The van der Waals surface area contributed by atoms with Crippen LogP contribution >= 0.6 is 0 Å². The minimum Gasteiger partial charge on any atom is -0.383 e. The Kier molecular flexibility index (Phi) is 7.11. The second-order valence-electron chi connectivity index (χ2n) is 8.45. The maximum atomic E-state index is 13.2. The lowest BCUT2D eigenvalue weighted by Gasteiger charge is -2.29. The largest absolute Gasteiger partial charge is 0.383 e. The molecule has 2 aromatic carbocycles. The molecule has 0 spiro atoms. The zero-order chi connectivity index (χ0) is 21.8. The highest BCUT2D eigenvalue weighted by Crippen LogP contribution is 2.24. The number of hydrogen-bond donors (Lipinski definition) is 0. The summed E-state index contributed by atoms with van der Waals surface area (Å²) in [6.45, 7) is 11.0. The number of amides is 1. The highest BCUT2D eigenvalue weighted by atomic mass is 32.2. The smallest absolute Gasteiger partial charge is 0.306 e. The van der Waals surface area contributed by atoms with Crippen LogP contribution in [0.15, 0.2) is 48.5 Å². The number of carbonyl (C=O) groups is 1. The molecule has 0 aliphatic heterocycles. The Morgan fingerprint density at radius 3 is 2.03 bits per heavy atom. The Morgan fingerprint density at radius 2 is 1.59 bits per heavy atom. The van der Waals surface area contributed by atoms with Gasteiger partial charge in [0, 0.05) is 18.2 Å². The van der Waals surface area contributed by atoms with E-state index in [1.54, 1.807) is 24.3 Å². The lowest BCUT2D eigenvalue weighted by atomic mass is 9.86. The summed E-state index contributed by atoms with van der Waals surface area (Å²) in [5.74, 6) is 0.242. The predicted octanol–water partition coefficient (Wildman–Crippen LogP) is 4.76. The van der Waals surface area contributed by atoms with Crippen molar-refractivity contribution in [1.82, 2.24) is 4.90 Å². The van der Waals surface area contributed by atoms with E-state index in [4.69, 9.17) is 4.18 Å². The van der Waals surface area contributed by atoms with E-state index < -0.39 is 10.1 Å². The van der Waals surface area contributed by atoms with Gasteiger partial charge in [0.05, 0.1) is 6.26 Å². The molecule has 29 heavy (non-hydrogen) atoms. The van der Waals surface area contributed by atoms with Crippen LogP contribution in [0, 0.1) is 0 Å². The Labute approximate surface area is 174 Å². The second-order valence-corrected chi connectivity index (χ2v) is 10.0. The molecular weight excluding hydrogens is 386 g/mol. The molecule has 158 valence electrons. The maximum Gasteiger partial charge on any atom is 0.306 e. The molecular formula is C23H31NO4S. The third-order valence-electron chi connectivity index (χ3n) is 4.91. The van der Waals surface area contributed by atoms with Gasteiger partial charge >= 0.3 is 10.1 Å². The molecule has 5 nitrogen and oxygen atoms in total. The SMILES string of the molecule is CC[C@@H](C)N(Cc1ccc(OS(C)(=O)=O)cc1)C(=O)c1ccc(C(C)(C)C)cc1. The molecule has 0 fully saturated rings. The minimum absolute atomic E-state index is 0.0173. The van der Waals surface area contributed by atoms with Crippen LogP contribution in [0.3, 0.4) is 0 Å². The van der Waals surface area contributed by atoms with Crippen molar-refractivity contribution >= 4 is 16.0 Å². The zero-order valence-corrected chi connectivity index (χ0v) is 18.9. The van der Waals surface area contributed by atoms with Crippen LogP contribution in [-0.2, 0) is 22.1 Å². The molecule has 2 rings (SSSR count). The monoisotopic (exact) mass is 417 g/mol. The molecule has 0 unspecified atom stereocenters. The first-order chi connectivity index (χ1) is 13.4. The molecule has 1 atom stereocenters. The van der Waals surface area contributed by atoms with E-state index in [-0.39, 0.29) is 23.1 Å². The average molecular weight is 418 g/mol. The van der Waals surface area contributed by atoms with Crippen molar-refractivity contribution < 1.29 is 17.4 Å². The molecule has 6 heteroatoms. The lowest BCUT2D eigenvalue weighted by Crippen LogP contribution is -2.37. The van der Waals surface area contributed by atoms with Crippen LogP contribution in [0.25, 0.3) is 0 Å². The number of benzene rings is 2. The Bertz CT molecular complexity index is 926. The second kappa shape index (κ2) is 8.99. The molecule has 0 saturated heterocycles. The standard InChI is InChI=1S/C23H31NO4S/c1-7-17(2)24(16-18-8-14-21(15-9-18)28-29(6,26)27)22(25)19-10-12-20(13-11-19)23(3,4)5/h8-15,17H,7,16H2,1-6H3/t17-/m1/s1. The van der Waals surface area contributed by atoms with Crippen molar-refractivity contribution in [3.8, 4) is 5.75 Å². The molecule has 0 heterocycles. The summed E-state index contributed by atoms with van der Waals surface area (Å²) in [6.07, 6.45) is 1.84. The number of carbonyl (C=O) groups excluding carboxylic acids is 1. The fraction of sp³-hybridized carbons (Fsp3) is 0.435. The summed E-state index contributed by atoms with van der Waals surface area (Å²) < 4.78 is 27.4. The Hall–Kier alpha value is -2.34. The molecule has 0 radical (unpaired) electrons. The van der Waals surface area contributed by atoms with Gasteiger partial charge in [-0.05, 0) is 54.2 Å². The summed E-state index contributed by atoms with van der Waals surface area (Å²) in [7, 11) is -3.56. The van der Waals surface area contributed by atoms with Crippen molar-refractivity contribution in [1.29, 1.82) is 0 Å². The van der Waals surface area contributed by atoms with E-state index in [2.05, 4.69) is 27.7 Å². The average Bonchev–Trinajstić information content (AvgIpc) is 2.64. The van der Waals surface area contributed by atoms with E-state index in [1.807, 2.05) is 36.1 Å². The predicted molar refractivity (Wildman–Crippen MR) is 117 cm³/mol. The van der Waals surface area contributed by atoms with Crippen LogP contribution in [0.1, 0.15) is 62.5 Å². The summed E-state index contributed by atoms with van der Waals surface area (Å²) in [5, 5.41) is 0. The molecule has 2 aromatic rings. The van der Waals surface area contributed by atoms with Crippen molar-refractivity contribution in [2.24, 2.45) is 0 Å². The molecule has 0 bridgehead atoms. The van der Waals surface area contributed by atoms with Crippen LogP contribution < -0.4 is 4.18 Å². The van der Waals surface area contributed by atoms with E-state index >= 15 is 0 Å². The first kappa shape index (κ1) is 22.9. The summed E-state index contributed by atoms with van der Waals surface area (Å²) in [5.41, 5.74) is 2.79. The topological polar surface area (TPSA) is 63.7 Å². The molecule has 1 amide bonds. The van der Waals surface area contributed by atoms with Crippen LogP contribution in [-0.4, -0.2) is 31.5 Å². The molecule has 0 saturated carbocycles. The Morgan fingerprint density at radius 1 is 1.03 bits per heavy atom. The molecule has 0 N–H and O–H groups in total. The van der Waals surface area contributed by atoms with Crippen LogP contribution in [0.5, 0.6) is 5.75 Å². The fourth-order valence-corrected chi connectivity index (χ4v) is 3.41. The number of nitrogens with zero attached hydrogens (tertiary/aromatic N) is 1. The van der Waals surface area contributed by atoms with Gasteiger partial charge < -0.3 is 9.08 Å². The van der Waals surface area contributed by atoms with Crippen molar-refractivity contribution in [2.75, 3.05) is 6.26 Å². The maximum absolute atomic E-state index is 13.2. The van der Waals surface area contributed by atoms with Crippen molar-refractivity contribution in [3.05, 3.63) is 65.2 Å². The van der Waals surface area contributed by atoms with Gasteiger partial charge in [-0.15, -0.1) is 0 Å². The van der Waals surface area contributed by atoms with Gasteiger partial charge in [0.15, 0.2) is 0 Å². The van der Waals surface area contributed by atoms with E-state index in [0.29, 0.717) is 12.1 Å². The third kappa shape index (κ3) is 6.60. The number of rotatable bonds is 7. The van der Waals surface area contributed by atoms with Crippen molar-refractivity contribution in [3.63, 3.8) is 0 Å². The lowest BCUT2D eigenvalue weighted by molar-refractivity contribution is 0.0671. The summed E-state index contributed by atoms with van der Waals surface area (Å²) >= 11 is 0. The fourth-order valence-electron chi connectivity index (χ4n) is 2.95. The van der Waals surface area contributed by atoms with Gasteiger partial charge in [-0.1, -0.05) is 52.0 Å². The van der Waals surface area contributed by atoms with Crippen LogP contribution in [0.4, 0.5) is 0 Å². The van der Waals surface area contributed by atoms with Crippen molar-refractivity contribution in [2.45, 2.75) is 59.0 Å².